The maximum absolute atomic E-state index is 12.5. The van der Waals surface area contributed by atoms with E-state index < -0.39 is 0 Å². The topological polar surface area (TPSA) is 95.8 Å². The Balaban J connectivity index is 1.23. The second kappa shape index (κ2) is 14.4. The molecule has 0 spiro atoms. The molecule has 1 atom stereocenters. The molecule has 0 saturated carbocycles. The molecule has 0 N–H and O–H groups in total. The number of fused-ring (bicyclic) bond motifs is 1. The Kier molecular flexibility index (Phi) is 9.90. The first kappa shape index (κ1) is 32.3. The number of hydrogen-bond donors (Lipinski definition) is 0. The average molecular weight is 637 g/mol. The van der Waals surface area contributed by atoms with Crippen molar-refractivity contribution in [2.24, 2.45) is 0 Å². The molecule has 0 unspecified atom stereocenters. The Morgan fingerprint density at radius 1 is 0.894 bits per heavy atom. The van der Waals surface area contributed by atoms with Gasteiger partial charge in [0.2, 0.25) is 0 Å². The van der Waals surface area contributed by atoms with Crippen molar-refractivity contribution in [3.8, 4) is 22.8 Å². The molecule has 0 bridgehead atoms. The normalized spacial score (nSPS) is 16.2. The smallest absolute Gasteiger partial charge is 0.409 e. The van der Waals surface area contributed by atoms with Crippen LogP contribution in [0, 0.1) is 0 Å². The van der Waals surface area contributed by atoms with Crippen molar-refractivity contribution in [2.45, 2.75) is 78.2 Å². The van der Waals surface area contributed by atoms with E-state index in [0.717, 1.165) is 49.1 Å². The second-order valence-corrected chi connectivity index (χ2v) is 12.1. The number of pyridine rings is 1. The molecule has 0 radical (unpaired) electrons. The fourth-order valence-corrected chi connectivity index (χ4v) is 6.96. The Hall–Kier alpha value is -4.66. The van der Waals surface area contributed by atoms with Crippen LogP contribution in [0.4, 0.5) is 4.79 Å². The summed E-state index contributed by atoms with van der Waals surface area (Å²) in [6.45, 7) is 9.95. The number of rotatable bonds is 10. The highest BCUT2D eigenvalue weighted by atomic mass is 16.6. The molecular weight excluding hydrogens is 592 g/mol. The van der Waals surface area contributed by atoms with E-state index >= 15 is 0 Å². The van der Waals surface area contributed by atoms with E-state index in [1.54, 1.807) is 17.8 Å². The van der Waals surface area contributed by atoms with Crippen LogP contribution in [0.3, 0.4) is 0 Å². The summed E-state index contributed by atoms with van der Waals surface area (Å²) in [6.07, 6.45) is 6.63. The van der Waals surface area contributed by atoms with Gasteiger partial charge in [0.05, 0.1) is 24.6 Å². The predicted octanol–water partition coefficient (Wildman–Crippen LogP) is 7.64. The molecule has 1 aliphatic carbocycles. The van der Waals surface area contributed by atoms with Crippen LogP contribution in [0.1, 0.15) is 97.3 Å². The SMILES string of the molecule is CCOC(=O)c1cn(-c2cccc(-c3cccc4c3[C@@H](Oc3ccc(C5CCN(C(=O)OCC)CC5)c(CC)c3)CC4)n2)nc1CC. The van der Waals surface area contributed by atoms with Gasteiger partial charge in [-0.15, -0.1) is 0 Å². The number of nitrogens with zero attached hydrogens (tertiary/aromatic N) is 4. The molecule has 4 aromatic rings. The fourth-order valence-electron chi connectivity index (χ4n) is 6.96. The van der Waals surface area contributed by atoms with E-state index in [1.165, 1.54) is 22.3 Å². The first-order chi connectivity index (χ1) is 22.9. The summed E-state index contributed by atoms with van der Waals surface area (Å²) in [7, 11) is 0. The minimum Gasteiger partial charge on any atom is -0.486 e. The Labute approximate surface area is 276 Å². The van der Waals surface area contributed by atoms with Gasteiger partial charge in [-0.05, 0) is 99.2 Å². The highest BCUT2D eigenvalue weighted by Crippen LogP contribution is 2.42. The molecule has 1 fully saturated rings. The number of amides is 1. The third-order valence-electron chi connectivity index (χ3n) is 9.29. The predicted molar refractivity (Wildman–Crippen MR) is 180 cm³/mol. The number of benzene rings is 2. The van der Waals surface area contributed by atoms with Crippen molar-refractivity contribution in [1.29, 1.82) is 0 Å². The summed E-state index contributed by atoms with van der Waals surface area (Å²) < 4.78 is 18.9. The van der Waals surface area contributed by atoms with Gasteiger partial charge < -0.3 is 19.1 Å². The molecule has 3 heterocycles. The summed E-state index contributed by atoms with van der Waals surface area (Å²) in [6, 6.07) is 18.8. The van der Waals surface area contributed by atoms with Crippen LogP contribution in [-0.4, -0.2) is 58.0 Å². The zero-order chi connectivity index (χ0) is 32.9. The number of carbonyl (C=O) groups excluding carboxylic acids is 2. The monoisotopic (exact) mass is 636 g/mol. The van der Waals surface area contributed by atoms with Crippen molar-refractivity contribution in [1.82, 2.24) is 19.7 Å². The second-order valence-electron chi connectivity index (χ2n) is 12.1. The molecule has 1 saturated heterocycles. The highest BCUT2D eigenvalue weighted by molar-refractivity contribution is 5.90. The van der Waals surface area contributed by atoms with Crippen molar-refractivity contribution in [3.05, 3.63) is 94.3 Å². The summed E-state index contributed by atoms with van der Waals surface area (Å²) in [5.74, 6) is 1.56. The maximum Gasteiger partial charge on any atom is 0.409 e. The number of piperidine rings is 1. The zero-order valence-corrected chi connectivity index (χ0v) is 27.8. The molecule has 246 valence electrons. The molecule has 1 aliphatic heterocycles. The van der Waals surface area contributed by atoms with Gasteiger partial charge in [-0.25, -0.2) is 19.3 Å². The van der Waals surface area contributed by atoms with E-state index in [2.05, 4.69) is 48.4 Å². The first-order valence-corrected chi connectivity index (χ1v) is 17.0. The van der Waals surface area contributed by atoms with Crippen molar-refractivity contribution < 1.29 is 23.8 Å². The van der Waals surface area contributed by atoms with E-state index in [9.17, 15) is 9.59 Å². The van der Waals surface area contributed by atoms with Gasteiger partial charge in [-0.3, -0.25) is 0 Å². The minimum atomic E-state index is -0.369. The lowest BCUT2D eigenvalue weighted by molar-refractivity contribution is 0.0525. The zero-order valence-electron chi connectivity index (χ0n) is 27.8. The van der Waals surface area contributed by atoms with Crippen LogP contribution in [-0.2, 0) is 28.7 Å². The lowest BCUT2D eigenvalue weighted by Gasteiger charge is -2.32. The maximum atomic E-state index is 12.5. The van der Waals surface area contributed by atoms with E-state index in [1.807, 2.05) is 36.9 Å². The molecule has 9 nitrogen and oxygen atoms in total. The summed E-state index contributed by atoms with van der Waals surface area (Å²) >= 11 is 0. The highest BCUT2D eigenvalue weighted by Gasteiger charge is 2.30. The Morgan fingerprint density at radius 3 is 2.43 bits per heavy atom. The number of ether oxygens (including phenoxy) is 3. The molecule has 47 heavy (non-hydrogen) atoms. The summed E-state index contributed by atoms with van der Waals surface area (Å²) in [4.78, 5) is 31.6. The molecule has 9 heteroatoms. The van der Waals surface area contributed by atoms with Gasteiger partial charge >= 0.3 is 12.1 Å². The van der Waals surface area contributed by atoms with Gasteiger partial charge in [-0.1, -0.05) is 44.2 Å². The molecule has 2 aromatic carbocycles. The van der Waals surface area contributed by atoms with Crippen molar-refractivity contribution in [2.75, 3.05) is 26.3 Å². The molecular formula is C38H44N4O5. The van der Waals surface area contributed by atoms with Gasteiger partial charge in [0.25, 0.3) is 0 Å². The average Bonchev–Trinajstić information content (AvgIpc) is 3.73. The van der Waals surface area contributed by atoms with Crippen LogP contribution < -0.4 is 4.74 Å². The first-order valence-electron chi connectivity index (χ1n) is 17.0. The van der Waals surface area contributed by atoms with Crippen molar-refractivity contribution >= 4 is 12.1 Å². The molecule has 6 rings (SSSR count). The van der Waals surface area contributed by atoms with Crippen LogP contribution in [0.25, 0.3) is 17.1 Å². The van der Waals surface area contributed by atoms with E-state index in [0.29, 0.717) is 55.7 Å². The molecule has 2 aliphatic rings. The van der Waals surface area contributed by atoms with Crippen molar-refractivity contribution in [3.63, 3.8) is 0 Å². The fraction of sp³-hybridized carbons (Fsp3) is 0.421. The lowest BCUT2D eigenvalue weighted by Crippen LogP contribution is -2.38. The van der Waals surface area contributed by atoms with Gasteiger partial charge in [-0.2, -0.15) is 5.10 Å². The quantitative estimate of drug-likeness (QED) is 0.165. The lowest BCUT2D eigenvalue weighted by atomic mass is 9.86. The molecule has 2 aromatic heterocycles. The van der Waals surface area contributed by atoms with Gasteiger partial charge in [0, 0.05) is 30.4 Å². The Bertz CT molecular complexity index is 1740. The van der Waals surface area contributed by atoms with Crippen LogP contribution in [0.2, 0.25) is 0 Å². The standard InChI is InChI=1S/C38H44N4O5/c1-5-25-23-28(16-17-29(25)26-19-21-41(22-20-26)38(44)46-8-4)47-34-18-15-27-11-9-12-30(36(27)34)33-13-10-14-35(39-33)42-24-31(32(6-2)40-42)37(43)45-7-3/h9-14,16-17,23-24,26,34H,5-8,15,18-22H2,1-4H3/t34-/m0/s1. The number of hydrogen-bond acceptors (Lipinski definition) is 7. The van der Waals surface area contributed by atoms with Gasteiger partial charge in [0.15, 0.2) is 5.82 Å². The third kappa shape index (κ3) is 6.75. The number of aromatic nitrogens is 3. The number of carbonyl (C=O) groups is 2. The van der Waals surface area contributed by atoms with E-state index in [4.69, 9.17) is 19.2 Å². The number of esters is 1. The van der Waals surface area contributed by atoms with E-state index in [-0.39, 0.29) is 18.2 Å². The summed E-state index contributed by atoms with van der Waals surface area (Å²) in [5.41, 5.74) is 8.13. The molecule has 1 amide bonds. The van der Waals surface area contributed by atoms with Crippen LogP contribution in [0.15, 0.2) is 60.8 Å². The minimum absolute atomic E-state index is 0.0955. The Morgan fingerprint density at radius 2 is 1.68 bits per heavy atom. The largest absolute Gasteiger partial charge is 0.486 e. The van der Waals surface area contributed by atoms with Crippen LogP contribution >= 0.6 is 0 Å². The number of aryl methyl sites for hydroxylation is 3. The third-order valence-corrected chi connectivity index (χ3v) is 9.29. The summed E-state index contributed by atoms with van der Waals surface area (Å²) in [5, 5.41) is 4.66. The van der Waals surface area contributed by atoms with Gasteiger partial charge in [0.1, 0.15) is 17.4 Å². The number of likely N-dealkylation sites (tertiary alicyclic amines) is 1. The van der Waals surface area contributed by atoms with Crippen LogP contribution in [0.5, 0.6) is 5.75 Å².